The number of hydrogen-bond acceptors (Lipinski definition) is 4. The third kappa shape index (κ3) is 3.75. The number of imide groups is 1. The summed E-state index contributed by atoms with van der Waals surface area (Å²) in [4.78, 5) is 32.1. The highest BCUT2D eigenvalue weighted by molar-refractivity contribution is 6.36. The summed E-state index contributed by atoms with van der Waals surface area (Å²) in [5, 5.41) is 0.550. The van der Waals surface area contributed by atoms with Crippen molar-refractivity contribution in [1.29, 1.82) is 0 Å². The molecule has 2 aromatic carbocycles. The predicted octanol–water partition coefficient (Wildman–Crippen LogP) is 3.73. The Labute approximate surface area is 156 Å². The highest BCUT2D eigenvalue weighted by Gasteiger charge is 2.35. The molecule has 0 unspecified atom stereocenters. The number of amides is 3. The number of carbonyl (C=O) groups excluding carboxylic acids is 2. The molecule has 0 saturated carbocycles. The molecule has 3 rings (SSSR count). The third-order valence-electron chi connectivity index (χ3n) is 3.48. The molecule has 0 aromatic heterocycles. The maximum atomic E-state index is 13.0. The quantitative estimate of drug-likeness (QED) is 0.773. The highest BCUT2D eigenvalue weighted by Crippen LogP contribution is 2.24. The number of nitrogens with zero attached hydrogens (tertiary/aromatic N) is 3. The van der Waals surface area contributed by atoms with Crippen LogP contribution in [0.15, 0.2) is 71.4 Å². The average Bonchev–Trinajstić information content (AvgIpc) is 2.61. The Hall–Kier alpha value is -3.12. The van der Waals surface area contributed by atoms with Gasteiger partial charge in [-0.25, -0.2) is 9.69 Å². The Morgan fingerprint density at radius 2 is 1.69 bits per heavy atom. The van der Waals surface area contributed by atoms with Crippen LogP contribution < -0.4 is 9.64 Å². The van der Waals surface area contributed by atoms with Crippen LogP contribution in [0.1, 0.15) is 0 Å². The minimum atomic E-state index is -0.707. The third-order valence-corrected chi connectivity index (χ3v) is 3.73. The van der Waals surface area contributed by atoms with Crippen molar-refractivity contribution >= 4 is 35.1 Å². The number of urea groups is 1. The molecule has 7 heteroatoms. The lowest BCUT2D eigenvalue weighted by Gasteiger charge is -2.25. The van der Waals surface area contributed by atoms with Gasteiger partial charge in [0.25, 0.3) is 5.91 Å². The lowest BCUT2D eigenvalue weighted by atomic mass is 10.2. The monoisotopic (exact) mass is 369 g/mol. The molecule has 0 fully saturated rings. The first-order valence-electron chi connectivity index (χ1n) is 7.80. The number of rotatable bonds is 3. The summed E-state index contributed by atoms with van der Waals surface area (Å²) < 4.78 is 5.68. The number of carbonyl (C=O) groups is 2. The number of anilines is 1. The molecule has 3 amide bonds. The molecule has 26 heavy (non-hydrogen) atoms. The standard InChI is InChI=1S/C19H16ClN3O3/c1-22(2)12-16-17(26-15-10-8-13(20)9-11-15)21-19(25)23(18(16)24)14-6-4-3-5-7-14/h3-12H,1-2H3/b16-12-. The maximum Gasteiger partial charge on any atom is 0.358 e. The summed E-state index contributed by atoms with van der Waals surface area (Å²) in [7, 11) is 3.53. The van der Waals surface area contributed by atoms with Gasteiger partial charge in [-0.2, -0.15) is 4.99 Å². The van der Waals surface area contributed by atoms with E-state index >= 15 is 0 Å². The van der Waals surface area contributed by atoms with Crippen molar-refractivity contribution in [2.45, 2.75) is 0 Å². The Bertz CT molecular complexity index is 890. The molecule has 0 N–H and O–H groups in total. The minimum absolute atomic E-state index is 0.0526. The summed E-state index contributed by atoms with van der Waals surface area (Å²) in [6, 6.07) is 14.5. The molecule has 132 valence electrons. The molecule has 0 spiro atoms. The summed E-state index contributed by atoms with van der Waals surface area (Å²) in [5.41, 5.74) is 0.620. The van der Waals surface area contributed by atoms with Crippen molar-refractivity contribution in [1.82, 2.24) is 4.90 Å². The molecule has 0 radical (unpaired) electrons. The van der Waals surface area contributed by atoms with E-state index in [1.807, 2.05) is 0 Å². The van der Waals surface area contributed by atoms with E-state index in [4.69, 9.17) is 16.3 Å². The van der Waals surface area contributed by atoms with Crippen molar-refractivity contribution in [2.75, 3.05) is 19.0 Å². The van der Waals surface area contributed by atoms with E-state index in [1.54, 1.807) is 79.8 Å². The first-order valence-corrected chi connectivity index (χ1v) is 8.17. The van der Waals surface area contributed by atoms with Gasteiger partial charge in [-0.3, -0.25) is 4.79 Å². The molecule has 1 heterocycles. The van der Waals surface area contributed by atoms with Gasteiger partial charge >= 0.3 is 6.03 Å². The van der Waals surface area contributed by atoms with Crippen molar-refractivity contribution < 1.29 is 14.3 Å². The van der Waals surface area contributed by atoms with Crippen molar-refractivity contribution in [2.24, 2.45) is 4.99 Å². The van der Waals surface area contributed by atoms with E-state index in [1.165, 1.54) is 0 Å². The van der Waals surface area contributed by atoms with Crippen LogP contribution in [0.25, 0.3) is 0 Å². The summed E-state index contributed by atoms with van der Waals surface area (Å²) >= 11 is 5.87. The number of ether oxygens (including phenoxy) is 1. The van der Waals surface area contributed by atoms with E-state index in [2.05, 4.69) is 4.99 Å². The van der Waals surface area contributed by atoms with Gasteiger partial charge in [0, 0.05) is 25.3 Å². The summed E-state index contributed by atoms with van der Waals surface area (Å²) in [6.07, 6.45) is 1.57. The van der Waals surface area contributed by atoms with Gasteiger partial charge < -0.3 is 9.64 Å². The topological polar surface area (TPSA) is 62.2 Å². The Kier molecular flexibility index (Phi) is 5.04. The van der Waals surface area contributed by atoms with E-state index < -0.39 is 11.9 Å². The Balaban J connectivity index is 2.01. The molecule has 0 atom stereocenters. The van der Waals surface area contributed by atoms with E-state index in [-0.39, 0.29) is 11.5 Å². The molecule has 1 aliphatic rings. The van der Waals surface area contributed by atoms with Crippen LogP contribution >= 0.6 is 11.6 Å². The van der Waals surface area contributed by atoms with E-state index in [9.17, 15) is 9.59 Å². The van der Waals surface area contributed by atoms with Crippen LogP contribution in [0.5, 0.6) is 5.75 Å². The molecule has 0 aliphatic carbocycles. The zero-order valence-electron chi connectivity index (χ0n) is 14.2. The van der Waals surface area contributed by atoms with Crippen LogP contribution in [0, 0.1) is 0 Å². The number of halogens is 1. The smallest absolute Gasteiger partial charge is 0.358 e. The van der Waals surface area contributed by atoms with Crippen LogP contribution in [-0.4, -0.2) is 36.8 Å². The minimum Gasteiger partial charge on any atom is -0.438 e. The summed E-state index contributed by atoms with van der Waals surface area (Å²) in [6.45, 7) is 0. The predicted molar refractivity (Wildman–Crippen MR) is 101 cm³/mol. The number of aliphatic imine (C=N–C) groups is 1. The molecular formula is C19H16ClN3O3. The second kappa shape index (κ2) is 7.41. The first kappa shape index (κ1) is 17.7. The highest BCUT2D eigenvalue weighted by atomic mass is 35.5. The maximum absolute atomic E-state index is 13.0. The molecular weight excluding hydrogens is 354 g/mol. The Morgan fingerprint density at radius 1 is 1.04 bits per heavy atom. The van der Waals surface area contributed by atoms with Gasteiger partial charge in [-0.1, -0.05) is 29.8 Å². The van der Waals surface area contributed by atoms with Crippen molar-refractivity contribution in [3.05, 3.63) is 71.4 Å². The average molecular weight is 370 g/mol. The zero-order chi connectivity index (χ0) is 18.7. The normalized spacial score (nSPS) is 15.9. The van der Waals surface area contributed by atoms with Crippen LogP contribution in [0.2, 0.25) is 5.02 Å². The molecule has 0 saturated heterocycles. The fraction of sp³-hybridized carbons (Fsp3) is 0.105. The van der Waals surface area contributed by atoms with Crippen molar-refractivity contribution in [3.63, 3.8) is 0 Å². The van der Waals surface area contributed by atoms with Gasteiger partial charge in [0.2, 0.25) is 5.90 Å². The fourth-order valence-electron chi connectivity index (χ4n) is 2.36. The fourth-order valence-corrected chi connectivity index (χ4v) is 2.49. The van der Waals surface area contributed by atoms with Crippen LogP contribution in [-0.2, 0) is 4.79 Å². The molecule has 2 aromatic rings. The second-order valence-electron chi connectivity index (χ2n) is 5.74. The lowest BCUT2D eigenvalue weighted by Crippen LogP contribution is -2.44. The van der Waals surface area contributed by atoms with Gasteiger partial charge in [0.1, 0.15) is 11.3 Å². The summed E-state index contributed by atoms with van der Waals surface area (Å²) in [5.74, 6) is -0.136. The van der Waals surface area contributed by atoms with Gasteiger partial charge in [-0.05, 0) is 36.4 Å². The number of para-hydroxylation sites is 1. The van der Waals surface area contributed by atoms with E-state index in [0.717, 1.165) is 4.90 Å². The second-order valence-corrected chi connectivity index (χ2v) is 6.17. The van der Waals surface area contributed by atoms with Crippen LogP contribution in [0.3, 0.4) is 0 Å². The number of benzene rings is 2. The van der Waals surface area contributed by atoms with E-state index in [0.29, 0.717) is 16.5 Å². The lowest BCUT2D eigenvalue weighted by molar-refractivity contribution is -0.114. The van der Waals surface area contributed by atoms with Gasteiger partial charge in [0.05, 0.1) is 5.69 Å². The molecule has 0 bridgehead atoms. The van der Waals surface area contributed by atoms with Gasteiger partial charge in [0.15, 0.2) is 0 Å². The SMILES string of the molecule is CN(C)/C=C1\C(=O)N(c2ccccc2)C(=O)N=C1Oc1ccc(Cl)cc1. The van der Waals surface area contributed by atoms with Crippen molar-refractivity contribution in [3.8, 4) is 5.75 Å². The van der Waals surface area contributed by atoms with Gasteiger partial charge in [-0.15, -0.1) is 0 Å². The Morgan fingerprint density at radius 3 is 2.31 bits per heavy atom. The molecule has 1 aliphatic heterocycles. The molecule has 6 nitrogen and oxygen atoms in total. The van der Waals surface area contributed by atoms with Crippen LogP contribution in [0.4, 0.5) is 10.5 Å². The zero-order valence-corrected chi connectivity index (χ0v) is 15.0. The largest absolute Gasteiger partial charge is 0.438 e. The first-order chi connectivity index (χ1) is 12.5. The number of hydrogen-bond donors (Lipinski definition) is 0.